The highest BCUT2D eigenvalue weighted by molar-refractivity contribution is 5.22. The van der Waals surface area contributed by atoms with Crippen LogP contribution < -0.4 is 0 Å². The standard InChI is InChI=1S/C15H19N/c1-16(2)15(14-9-5-6-10-14)12-11-13-7-3-4-8-13/h3-10,15H,11-12H2,1-2H3/q-2/t15-/m0/s1. The fraction of sp³-hybridized carbons (Fsp3) is 0.333. The third kappa shape index (κ3) is 2.61. The highest BCUT2D eigenvalue weighted by atomic mass is 15.1. The summed E-state index contributed by atoms with van der Waals surface area (Å²) >= 11 is 0. The minimum Gasteiger partial charge on any atom is -0.304 e. The van der Waals surface area contributed by atoms with E-state index in [1.807, 2.05) is 0 Å². The smallest absolute Gasteiger partial charge is 0.0114 e. The van der Waals surface area contributed by atoms with E-state index in [1.54, 1.807) is 0 Å². The first-order valence-electron chi connectivity index (χ1n) is 5.86. The van der Waals surface area contributed by atoms with Gasteiger partial charge in [-0.25, -0.2) is 24.3 Å². The molecule has 0 bridgehead atoms. The second kappa shape index (κ2) is 5.13. The molecule has 0 saturated heterocycles. The average molecular weight is 213 g/mol. The monoisotopic (exact) mass is 213 g/mol. The zero-order valence-corrected chi connectivity index (χ0v) is 10.1. The number of aryl methyl sites for hydroxylation is 1. The van der Waals surface area contributed by atoms with Crippen LogP contribution in [0.25, 0.3) is 0 Å². The van der Waals surface area contributed by atoms with Crippen LogP contribution in [0.4, 0.5) is 0 Å². The number of rotatable bonds is 5. The van der Waals surface area contributed by atoms with Crippen molar-refractivity contribution in [1.82, 2.24) is 4.90 Å². The van der Waals surface area contributed by atoms with Crippen molar-refractivity contribution >= 4 is 0 Å². The van der Waals surface area contributed by atoms with Crippen molar-refractivity contribution in [1.29, 1.82) is 0 Å². The molecule has 0 saturated carbocycles. The summed E-state index contributed by atoms with van der Waals surface area (Å²) in [7, 11) is 4.31. The van der Waals surface area contributed by atoms with Crippen LogP contribution in [0, 0.1) is 0 Å². The van der Waals surface area contributed by atoms with E-state index in [1.165, 1.54) is 17.5 Å². The lowest BCUT2D eigenvalue weighted by Gasteiger charge is -2.27. The molecule has 0 aliphatic carbocycles. The second-order valence-corrected chi connectivity index (χ2v) is 4.53. The van der Waals surface area contributed by atoms with E-state index in [2.05, 4.69) is 67.5 Å². The Balaban J connectivity index is 1.99. The van der Waals surface area contributed by atoms with Gasteiger partial charge in [-0.2, -0.15) is 35.4 Å². The van der Waals surface area contributed by atoms with Gasteiger partial charge in [-0.1, -0.05) is 0 Å². The van der Waals surface area contributed by atoms with Crippen LogP contribution >= 0.6 is 0 Å². The zero-order chi connectivity index (χ0) is 11.4. The predicted molar refractivity (Wildman–Crippen MR) is 68.8 cm³/mol. The van der Waals surface area contributed by atoms with Crippen LogP contribution in [-0.4, -0.2) is 19.0 Å². The fourth-order valence-corrected chi connectivity index (χ4v) is 2.22. The van der Waals surface area contributed by atoms with Gasteiger partial charge in [-0.3, -0.25) is 0 Å². The van der Waals surface area contributed by atoms with Crippen molar-refractivity contribution < 1.29 is 0 Å². The zero-order valence-electron chi connectivity index (χ0n) is 10.1. The largest absolute Gasteiger partial charge is 0.304 e. The van der Waals surface area contributed by atoms with Crippen molar-refractivity contribution in [2.45, 2.75) is 18.9 Å². The molecule has 0 N–H and O–H groups in total. The van der Waals surface area contributed by atoms with Gasteiger partial charge in [0.1, 0.15) is 0 Å². The molecule has 16 heavy (non-hydrogen) atoms. The van der Waals surface area contributed by atoms with Crippen LogP contribution in [0.5, 0.6) is 0 Å². The Morgan fingerprint density at radius 2 is 1.88 bits per heavy atom. The molecule has 0 fully saturated rings. The van der Waals surface area contributed by atoms with Crippen molar-refractivity contribution in [3.63, 3.8) is 0 Å². The van der Waals surface area contributed by atoms with Gasteiger partial charge in [0.05, 0.1) is 0 Å². The van der Waals surface area contributed by atoms with E-state index < -0.39 is 0 Å². The van der Waals surface area contributed by atoms with Crippen LogP contribution in [-0.2, 0) is 6.42 Å². The Kier molecular flexibility index (Phi) is 3.58. The average Bonchev–Trinajstić information content (AvgIpc) is 2.88. The summed E-state index contributed by atoms with van der Waals surface area (Å²) in [5, 5.41) is 0. The Morgan fingerprint density at radius 1 is 1.12 bits per heavy atom. The molecule has 1 atom stereocenters. The SMILES string of the molecule is CN(C)[C@@H](CCc1ccc[cH-]1)c1ccc[cH-]1. The molecule has 2 rings (SSSR count). The van der Waals surface area contributed by atoms with Crippen molar-refractivity contribution in [2.24, 2.45) is 0 Å². The molecule has 0 heterocycles. The molecule has 0 aliphatic heterocycles. The summed E-state index contributed by atoms with van der Waals surface area (Å²) < 4.78 is 0. The highest BCUT2D eigenvalue weighted by Gasteiger charge is 2.09. The maximum Gasteiger partial charge on any atom is 0.0114 e. The maximum atomic E-state index is 2.30. The van der Waals surface area contributed by atoms with Gasteiger partial charge in [0.25, 0.3) is 0 Å². The molecule has 0 aromatic heterocycles. The second-order valence-electron chi connectivity index (χ2n) is 4.53. The minimum absolute atomic E-state index is 0.532. The van der Waals surface area contributed by atoms with E-state index in [4.69, 9.17) is 0 Å². The molecular formula is C15H19N-2. The summed E-state index contributed by atoms with van der Waals surface area (Å²) in [5.41, 5.74) is 2.87. The van der Waals surface area contributed by atoms with E-state index in [-0.39, 0.29) is 0 Å². The van der Waals surface area contributed by atoms with Gasteiger partial charge in [0.15, 0.2) is 0 Å². The fourth-order valence-electron chi connectivity index (χ4n) is 2.22. The van der Waals surface area contributed by atoms with Crippen LogP contribution in [0.2, 0.25) is 0 Å². The molecule has 1 heteroatoms. The third-order valence-corrected chi connectivity index (χ3v) is 3.13. The molecule has 2 aromatic rings. The summed E-state index contributed by atoms with van der Waals surface area (Å²) in [4.78, 5) is 2.30. The van der Waals surface area contributed by atoms with Crippen LogP contribution in [0.3, 0.4) is 0 Å². The predicted octanol–water partition coefficient (Wildman–Crippen LogP) is 3.36. The van der Waals surface area contributed by atoms with Crippen molar-refractivity contribution in [2.75, 3.05) is 14.1 Å². The first-order valence-corrected chi connectivity index (χ1v) is 5.86. The normalized spacial score (nSPS) is 13.2. The van der Waals surface area contributed by atoms with Gasteiger partial charge in [0, 0.05) is 6.04 Å². The molecule has 0 aliphatic rings. The topological polar surface area (TPSA) is 3.24 Å². The Labute approximate surface area is 98.1 Å². The lowest BCUT2D eigenvalue weighted by atomic mass is 10.0. The maximum absolute atomic E-state index is 2.30. The minimum atomic E-state index is 0.532. The molecule has 0 amide bonds. The van der Waals surface area contributed by atoms with Gasteiger partial charge in [0.2, 0.25) is 0 Å². The van der Waals surface area contributed by atoms with Crippen molar-refractivity contribution in [3.05, 3.63) is 59.7 Å². The summed E-state index contributed by atoms with van der Waals surface area (Å²) in [6.45, 7) is 0. The first kappa shape index (κ1) is 11.2. The lowest BCUT2D eigenvalue weighted by Crippen LogP contribution is -2.20. The van der Waals surface area contributed by atoms with Gasteiger partial charge < -0.3 is 4.90 Å². The van der Waals surface area contributed by atoms with E-state index in [0.29, 0.717) is 6.04 Å². The van der Waals surface area contributed by atoms with Crippen LogP contribution in [0.1, 0.15) is 23.6 Å². The first-order chi connectivity index (χ1) is 7.77. The van der Waals surface area contributed by atoms with E-state index in [0.717, 1.165) is 6.42 Å². The molecule has 1 nitrogen and oxygen atoms in total. The summed E-state index contributed by atoms with van der Waals surface area (Å²) in [5.74, 6) is 0. The quantitative estimate of drug-likeness (QED) is 0.688. The van der Waals surface area contributed by atoms with Gasteiger partial charge in [-0.05, 0) is 26.9 Å². The molecule has 0 unspecified atom stereocenters. The molecule has 0 radical (unpaired) electrons. The van der Waals surface area contributed by atoms with Gasteiger partial charge in [-0.15, -0.1) is 0 Å². The number of hydrogen-bond donors (Lipinski definition) is 0. The van der Waals surface area contributed by atoms with Crippen molar-refractivity contribution in [3.8, 4) is 0 Å². The molecule has 0 spiro atoms. The third-order valence-electron chi connectivity index (χ3n) is 3.13. The summed E-state index contributed by atoms with van der Waals surface area (Å²) in [6.07, 6.45) is 2.34. The lowest BCUT2D eigenvalue weighted by molar-refractivity contribution is 0.284. The van der Waals surface area contributed by atoms with Crippen LogP contribution in [0.15, 0.2) is 48.5 Å². The molecule has 86 valence electrons. The number of nitrogens with zero attached hydrogens (tertiary/aromatic N) is 1. The van der Waals surface area contributed by atoms with E-state index >= 15 is 0 Å². The Bertz CT molecular complexity index is 381. The summed E-state index contributed by atoms with van der Waals surface area (Å²) in [6, 6.07) is 17.8. The number of hydrogen-bond acceptors (Lipinski definition) is 1. The Hall–Kier alpha value is -1.34. The Morgan fingerprint density at radius 3 is 2.44 bits per heavy atom. The molecule has 2 aromatic carbocycles. The molecular weight excluding hydrogens is 194 g/mol. The van der Waals surface area contributed by atoms with Gasteiger partial charge >= 0.3 is 0 Å². The van der Waals surface area contributed by atoms with E-state index in [9.17, 15) is 0 Å². The highest BCUT2D eigenvalue weighted by Crippen LogP contribution is 2.24.